The van der Waals surface area contributed by atoms with Crippen LogP contribution in [0.1, 0.15) is 11.7 Å². The first-order chi connectivity index (χ1) is 8.60. The quantitative estimate of drug-likeness (QED) is 0.865. The van der Waals surface area contributed by atoms with Gasteiger partial charge in [-0.2, -0.15) is 0 Å². The number of hydrogen-bond acceptors (Lipinski definition) is 4. The van der Waals surface area contributed by atoms with E-state index in [0.29, 0.717) is 22.3 Å². The normalized spacial score (nSPS) is 12.4. The summed E-state index contributed by atoms with van der Waals surface area (Å²) >= 11 is 3.35. The minimum Gasteiger partial charge on any atom is -0.495 e. The van der Waals surface area contributed by atoms with Crippen LogP contribution in [0.15, 0.2) is 38.2 Å². The molecule has 2 rings (SSSR count). The van der Waals surface area contributed by atoms with E-state index < -0.39 is 10.8 Å². The predicted molar refractivity (Wildman–Crippen MR) is 72.0 cm³/mol. The zero-order chi connectivity index (χ0) is 13.1. The molecule has 1 aromatic carbocycles. The smallest absolute Gasteiger partial charge is 0.207 e. The summed E-state index contributed by atoms with van der Waals surface area (Å²) in [7, 11) is 0.301. The van der Waals surface area contributed by atoms with Crippen LogP contribution in [0.4, 0.5) is 0 Å². The van der Waals surface area contributed by atoms with Gasteiger partial charge in [0.25, 0.3) is 0 Å². The number of rotatable bonds is 4. The van der Waals surface area contributed by atoms with E-state index in [1.807, 2.05) is 6.07 Å². The molecular weight excluding hydrogens is 318 g/mol. The summed E-state index contributed by atoms with van der Waals surface area (Å²) in [6.45, 7) is 1.80. The van der Waals surface area contributed by atoms with Crippen molar-refractivity contribution >= 4 is 26.7 Å². The van der Waals surface area contributed by atoms with Crippen LogP contribution in [0, 0.1) is 6.92 Å². The van der Waals surface area contributed by atoms with Crippen LogP contribution in [-0.4, -0.2) is 16.3 Å². The molecule has 0 aliphatic rings. The summed E-state index contributed by atoms with van der Waals surface area (Å²) in [5.41, 5.74) is 0. The van der Waals surface area contributed by atoms with Gasteiger partial charge in [-0.05, 0) is 25.1 Å². The maximum atomic E-state index is 12.3. The fraction of sp³-hybridized carbons (Fsp3) is 0.250. The van der Waals surface area contributed by atoms with Gasteiger partial charge in [0, 0.05) is 4.47 Å². The second-order valence-electron chi connectivity index (χ2n) is 3.65. The molecule has 0 aliphatic heterocycles. The average molecular weight is 330 g/mol. The molecule has 6 heteroatoms. The number of ether oxygens (including phenoxy) is 1. The van der Waals surface area contributed by atoms with Crippen molar-refractivity contribution in [2.75, 3.05) is 7.11 Å². The van der Waals surface area contributed by atoms with Gasteiger partial charge in [-0.25, -0.2) is 4.98 Å². The lowest BCUT2D eigenvalue weighted by Gasteiger charge is -2.07. The summed E-state index contributed by atoms with van der Waals surface area (Å²) in [4.78, 5) is 4.67. The van der Waals surface area contributed by atoms with Crippen molar-refractivity contribution in [2.45, 2.75) is 17.6 Å². The van der Waals surface area contributed by atoms with Crippen LogP contribution in [0.5, 0.6) is 5.75 Å². The molecule has 1 aromatic heterocycles. The van der Waals surface area contributed by atoms with Crippen molar-refractivity contribution in [3.63, 3.8) is 0 Å². The van der Waals surface area contributed by atoms with E-state index in [4.69, 9.17) is 9.15 Å². The lowest BCUT2D eigenvalue weighted by Crippen LogP contribution is -1.99. The van der Waals surface area contributed by atoms with Gasteiger partial charge in [0.2, 0.25) is 5.89 Å². The van der Waals surface area contributed by atoms with Crippen LogP contribution in [0.3, 0.4) is 0 Å². The average Bonchev–Trinajstić information content (AvgIpc) is 2.74. The molecule has 1 atom stereocenters. The number of benzene rings is 1. The second kappa shape index (κ2) is 5.67. The molecule has 0 unspecified atom stereocenters. The second-order valence-corrected chi connectivity index (χ2v) is 5.98. The van der Waals surface area contributed by atoms with E-state index in [9.17, 15) is 4.21 Å². The molecule has 0 amide bonds. The molecule has 4 nitrogen and oxygen atoms in total. The number of hydrogen-bond donors (Lipinski definition) is 0. The molecule has 0 spiro atoms. The van der Waals surface area contributed by atoms with Crippen molar-refractivity contribution < 1.29 is 13.4 Å². The topological polar surface area (TPSA) is 52.3 Å². The van der Waals surface area contributed by atoms with Crippen LogP contribution < -0.4 is 4.74 Å². The summed E-state index contributed by atoms with van der Waals surface area (Å²) in [5.74, 6) is 2.01. The van der Waals surface area contributed by atoms with Crippen LogP contribution in [0.2, 0.25) is 0 Å². The molecule has 0 saturated heterocycles. The minimum absolute atomic E-state index is 0.237. The third-order valence-corrected chi connectivity index (χ3v) is 4.11. The van der Waals surface area contributed by atoms with Gasteiger partial charge in [-0.3, -0.25) is 4.21 Å². The zero-order valence-corrected chi connectivity index (χ0v) is 12.4. The number of aromatic nitrogens is 1. The summed E-state index contributed by atoms with van der Waals surface area (Å²) in [6, 6.07) is 5.40. The lowest BCUT2D eigenvalue weighted by atomic mass is 10.3. The van der Waals surface area contributed by atoms with Crippen molar-refractivity contribution in [2.24, 2.45) is 0 Å². The van der Waals surface area contributed by atoms with Gasteiger partial charge in [-0.15, -0.1) is 0 Å². The molecule has 1 heterocycles. The first kappa shape index (κ1) is 13.3. The van der Waals surface area contributed by atoms with Crippen molar-refractivity contribution in [3.05, 3.63) is 40.5 Å². The summed E-state index contributed by atoms with van der Waals surface area (Å²) in [5, 5.41) is 0. The van der Waals surface area contributed by atoms with Crippen molar-refractivity contribution in [1.82, 2.24) is 4.98 Å². The Morgan fingerprint density at radius 3 is 2.89 bits per heavy atom. The van der Waals surface area contributed by atoms with E-state index in [2.05, 4.69) is 20.9 Å². The molecular formula is C12H12BrNO3S. The fourth-order valence-electron chi connectivity index (χ4n) is 1.49. The monoisotopic (exact) mass is 329 g/mol. The van der Waals surface area contributed by atoms with Crippen molar-refractivity contribution in [3.8, 4) is 5.75 Å². The predicted octanol–water partition coefficient (Wildman–Crippen LogP) is 3.06. The highest BCUT2D eigenvalue weighted by atomic mass is 79.9. The zero-order valence-electron chi connectivity index (χ0n) is 9.97. The number of halogens is 1. The van der Waals surface area contributed by atoms with Gasteiger partial charge in [0.15, 0.2) is 0 Å². The van der Waals surface area contributed by atoms with Crippen LogP contribution >= 0.6 is 15.9 Å². The molecule has 2 aromatic rings. The molecule has 18 heavy (non-hydrogen) atoms. The number of methoxy groups -OCH3 is 1. The largest absolute Gasteiger partial charge is 0.495 e. The highest BCUT2D eigenvalue weighted by molar-refractivity contribution is 9.10. The molecule has 0 bridgehead atoms. The SMILES string of the molecule is COc1ccc(Br)cc1[S@](=O)Cc1ncc(C)o1. The van der Waals surface area contributed by atoms with Gasteiger partial charge in [0.1, 0.15) is 17.3 Å². The molecule has 96 valence electrons. The van der Waals surface area contributed by atoms with Gasteiger partial charge >= 0.3 is 0 Å². The minimum atomic E-state index is -1.25. The Kier molecular flexibility index (Phi) is 4.19. The number of aryl methyl sites for hydroxylation is 1. The Morgan fingerprint density at radius 2 is 2.28 bits per heavy atom. The highest BCUT2D eigenvalue weighted by Crippen LogP contribution is 2.27. The first-order valence-electron chi connectivity index (χ1n) is 5.23. The van der Waals surface area contributed by atoms with Crippen LogP contribution in [-0.2, 0) is 16.6 Å². The van der Waals surface area contributed by atoms with Gasteiger partial charge in [-0.1, -0.05) is 15.9 Å². The molecule has 0 saturated carbocycles. The number of oxazole rings is 1. The van der Waals surface area contributed by atoms with Gasteiger partial charge in [0.05, 0.1) is 29.0 Å². The van der Waals surface area contributed by atoms with E-state index >= 15 is 0 Å². The standard InChI is InChI=1S/C12H12BrNO3S/c1-8-6-14-12(17-8)7-18(15)11-5-9(13)3-4-10(11)16-2/h3-6H,7H2,1-2H3/t18-/m1/s1. The van der Waals surface area contributed by atoms with E-state index in [1.165, 1.54) is 0 Å². The van der Waals surface area contributed by atoms with E-state index in [-0.39, 0.29) is 5.75 Å². The molecule has 0 aliphatic carbocycles. The maximum Gasteiger partial charge on any atom is 0.207 e. The lowest BCUT2D eigenvalue weighted by molar-refractivity contribution is 0.403. The third-order valence-electron chi connectivity index (χ3n) is 2.29. The fourth-order valence-corrected chi connectivity index (χ4v) is 3.15. The van der Waals surface area contributed by atoms with Crippen molar-refractivity contribution in [1.29, 1.82) is 0 Å². The Bertz CT molecular complexity index is 582. The molecule has 0 radical (unpaired) electrons. The first-order valence-corrected chi connectivity index (χ1v) is 7.34. The summed E-state index contributed by atoms with van der Waals surface area (Å²) in [6.07, 6.45) is 1.62. The Morgan fingerprint density at radius 1 is 1.50 bits per heavy atom. The van der Waals surface area contributed by atoms with E-state index in [1.54, 1.807) is 32.4 Å². The van der Waals surface area contributed by atoms with Crippen LogP contribution in [0.25, 0.3) is 0 Å². The number of nitrogens with zero attached hydrogens (tertiary/aromatic N) is 1. The Hall–Kier alpha value is -1.14. The Labute approximate surface area is 116 Å². The van der Waals surface area contributed by atoms with Gasteiger partial charge < -0.3 is 9.15 Å². The highest BCUT2D eigenvalue weighted by Gasteiger charge is 2.14. The van der Waals surface area contributed by atoms with E-state index in [0.717, 1.165) is 4.47 Å². The summed E-state index contributed by atoms with van der Waals surface area (Å²) < 4.78 is 23.6. The molecule has 0 fully saturated rings. The third kappa shape index (κ3) is 3.00. The Balaban J connectivity index is 2.25. The maximum absolute atomic E-state index is 12.3. The molecule has 0 N–H and O–H groups in total.